The van der Waals surface area contributed by atoms with E-state index >= 15 is 0 Å². The second kappa shape index (κ2) is 4.57. The number of rotatable bonds is 2. The van der Waals surface area contributed by atoms with Gasteiger partial charge in [-0.05, 0) is 0 Å². The minimum atomic E-state index is -0.960. The van der Waals surface area contributed by atoms with Crippen LogP contribution in [0.15, 0.2) is 0 Å². The van der Waals surface area contributed by atoms with E-state index in [2.05, 4.69) is 21.5 Å². The zero-order valence-electron chi connectivity index (χ0n) is 7.66. The van der Waals surface area contributed by atoms with Crippen molar-refractivity contribution in [3.63, 3.8) is 0 Å². The molecule has 1 atom stereocenters. The maximum absolute atomic E-state index is 11.1. The van der Waals surface area contributed by atoms with E-state index < -0.39 is 18.2 Å². The predicted octanol–water partition coefficient (Wildman–Crippen LogP) is -1.50. The van der Waals surface area contributed by atoms with Crippen molar-refractivity contribution in [3.8, 4) is 0 Å². The third-order valence-corrected chi connectivity index (χ3v) is 1.96. The zero-order valence-corrected chi connectivity index (χ0v) is 7.66. The summed E-state index contributed by atoms with van der Waals surface area (Å²) in [5.41, 5.74) is 0. The van der Waals surface area contributed by atoms with Gasteiger partial charge in [0.15, 0.2) is 0 Å². The van der Waals surface area contributed by atoms with Crippen LogP contribution in [0.2, 0.25) is 0 Å². The van der Waals surface area contributed by atoms with E-state index in [9.17, 15) is 14.4 Å². The lowest BCUT2D eigenvalue weighted by Crippen LogP contribution is -2.68. The maximum atomic E-state index is 11.1. The first-order chi connectivity index (χ1) is 7.15. The molecule has 0 aromatic rings. The Hall–Kier alpha value is -1.87. The first-order valence-corrected chi connectivity index (χ1v) is 3.97. The highest BCUT2D eigenvalue weighted by Gasteiger charge is 2.45. The van der Waals surface area contributed by atoms with Gasteiger partial charge in [0.05, 0.1) is 12.6 Å². The molecular weight excluding hydrogens is 208 g/mol. The molecule has 0 aromatic heterocycles. The van der Waals surface area contributed by atoms with Crippen molar-refractivity contribution in [3.05, 3.63) is 0 Å². The molecule has 0 bridgehead atoms. The smallest absolute Gasteiger partial charge is 0.355 e. The first-order valence-electron chi connectivity index (χ1n) is 3.97. The molecule has 1 fully saturated rings. The van der Waals surface area contributed by atoms with Gasteiger partial charge in [-0.3, -0.25) is 0 Å². The van der Waals surface area contributed by atoms with Crippen LogP contribution in [0.5, 0.6) is 0 Å². The second-order valence-electron chi connectivity index (χ2n) is 2.75. The van der Waals surface area contributed by atoms with Crippen molar-refractivity contribution in [2.24, 2.45) is 11.8 Å². The molecule has 9 heteroatoms. The van der Waals surface area contributed by atoms with Gasteiger partial charge >= 0.3 is 12.2 Å². The number of aldehydes is 1. The van der Waals surface area contributed by atoms with Gasteiger partial charge in [-0.15, -0.1) is 0 Å². The van der Waals surface area contributed by atoms with Crippen LogP contribution < -0.4 is 11.8 Å². The van der Waals surface area contributed by atoms with E-state index in [0.717, 1.165) is 10.0 Å². The highest BCUT2D eigenvalue weighted by atomic mass is 16.7. The lowest BCUT2D eigenvalue weighted by atomic mass is 10.1. The summed E-state index contributed by atoms with van der Waals surface area (Å²) >= 11 is 0. The molecule has 1 unspecified atom stereocenters. The van der Waals surface area contributed by atoms with Gasteiger partial charge in [0.25, 0.3) is 0 Å². The fraction of sp³-hybridized carbons (Fsp3) is 0.500. The zero-order chi connectivity index (χ0) is 11.4. The van der Waals surface area contributed by atoms with Crippen LogP contribution in [-0.4, -0.2) is 41.1 Å². The molecule has 9 nitrogen and oxygen atoms in total. The molecule has 1 saturated heterocycles. The van der Waals surface area contributed by atoms with E-state index in [-0.39, 0.29) is 13.0 Å². The van der Waals surface area contributed by atoms with Gasteiger partial charge in [0.1, 0.15) is 6.29 Å². The number of nitrogens with zero attached hydrogens (tertiary/aromatic N) is 2. The highest BCUT2D eigenvalue weighted by Crippen LogP contribution is 2.21. The topological polar surface area (TPSA) is 128 Å². The molecule has 84 valence electrons. The van der Waals surface area contributed by atoms with Crippen molar-refractivity contribution in [1.29, 1.82) is 0 Å². The summed E-state index contributed by atoms with van der Waals surface area (Å²) in [4.78, 5) is 40.1. The molecule has 0 radical (unpaired) electrons. The van der Waals surface area contributed by atoms with Crippen LogP contribution in [0, 0.1) is 0 Å². The van der Waals surface area contributed by atoms with Gasteiger partial charge in [0.2, 0.25) is 0 Å². The lowest BCUT2D eigenvalue weighted by molar-refractivity contribution is -0.131. The summed E-state index contributed by atoms with van der Waals surface area (Å²) in [6.45, 7) is 0.143. The summed E-state index contributed by atoms with van der Waals surface area (Å²) < 4.78 is 0. The third kappa shape index (κ3) is 1.97. The number of amides is 2. The van der Waals surface area contributed by atoms with Crippen LogP contribution in [0.1, 0.15) is 6.42 Å². The molecule has 0 aromatic carbocycles. The molecule has 1 rings (SSSR count). The van der Waals surface area contributed by atoms with Crippen LogP contribution in [0.3, 0.4) is 0 Å². The molecule has 2 amide bonds. The first kappa shape index (κ1) is 11.2. The summed E-state index contributed by atoms with van der Waals surface area (Å²) in [5, 5.41) is 1.74. The van der Waals surface area contributed by atoms with Crippen molar-refractivity contribution >= 4 is 18.5 Å². The van der Waals surface area contributed by atoms with E-state index in [1.807, 2.05) is 0 Å². The molecule has 0 spiro atoms. The minimum Gasteiger partial charge on any atom is -0.355 e. The van der Waals surface area contributed by atoms with Gasteiger partial charge in [0, 0.05) is 6.42 Å². The Balaban J connectivity index is 2.66. The quantitative estimate of drug-likeness (QED) is 0.426. The summed E-state index contributed by atoms with van der Waals surface area (Å²) in [5.74, 6) is 9.29. The molecule has 15 heavy (non-hydrogen) atoms. The Kier molecular flexibility index (Phi) is 3.42. The highest BCUT2D eigenvalue weighted by molar-refractivity contribution is 5.76. The summed E-state index contributed by atoms with van der Waals surface area (Å²) in [7, 11) is 0. The molecule has 0 aliphatic carbocycles. The number of carbonyl (C=O) groups is 3. The Morgan fingerprint density at radius 3 is 2.40 bits per heavy atom. The number of nitrogens with two attached hydrogens (primary N) is 2. The fourth-order valence-corrected chi connectivity index (χ4v) is 1.28. The minimum absolute atomic E-state index is 0.0729. The van der Waals surface area contributed by atoms with Crippen molar-refractivity contribution in [2.75, 3.05) is 6.54 Å². The molecule has 1 aliphatic rings. The number of carbonyl (C=O) groups excluding carboxylic acids is 3. The van der Waals surface area contributed by atoms with Crippen LogP contribution >= 0.6 is 0 Å². The van der Waals surface area contributed by atoms with E-state index in [4.69, 9.17) is 0 Å². The lowest BCUT2D eigenvalue weighted by Gasteiger charge is -2.46. The average Bonchev–Trinajstić information content (AvgIpc) is 2.22. The molecule has 1 heterocycles. The van der Waals surface area contributed by atoms with E-state index in [1.165, 1.54) is 0 Å². The fourth-order valence-electron chi connectivity index (χ4n) is 1.28. The van der Waals surface area contributed by atoms with Gasteiger partial charge in [-0.2, -0.15) is 11.8 Å². The van der Waals surface area contributed by atoms with Gasteiger partial charge < -0.3 is 14.5 Å². The predicted molar refractivity (Wildman–Crippen MR) is 44.4 cm³/mol. The SMILES string of the molecule is NOC(=O)N1CC(CC=O)N1C(=O)ON. The normalized spacial score (nSPS) is 19.2. The monoisotopic (exact) mass is 218 g/mol. The largest absolute Gasteiger partial charge is 0.448 e. The Morgan fingerprint density at radius 2 is 1.93 bits per heavy atom. The third-order valence-electron chi connectivity index (χ3n) is 1.96. The number of hydrogen-bond acceptors (Lipinski definition) is 7. The van der Waals surface area contributed by atoms with E-state index in [0.29, 0.717) is 6.29 Å². The molecular formula is C6H10N4O5. The number of hydrazine groups is 1. The van der Waals surface area contributed by atoms with Gasteiger partial charge in [-0.1, -0.05) is 0 Å². The molecule has 0 saturated carbocycles. The van der Waals surface area contributed by atoms with Crippen LogP contribution in [0.25, 0.3) is 0 Å². The molecule has 1 aliphatic heterocycles. The van der Waals surface area contributed by atoms with Crippen molar-refractivity contribution < 1.29 is 24.1 Å². The second-order valence-corrected chi connectivity index (χ2v) is 2.75. The number of hydrogen-bond donors (Lipinski definition) is 2. The maximum Gasteiger partial charge on any atom is 0.448 e. The van der Waals surface area contributed by atoms with Crippen LogP contribution in [-0.2, 0) is 14.5 Å². The Bertz CT molecular complexity index is 283. The summed E-state index contributed by atoms with van der Waals surface area (Å²) in [6.07, 6.45) is -1.20. The van der Waals surface area contributed by atoms with Crippen molar-refractivity contribution in [1.82, 2.24) is 10.0 Å². The average molecular weight is 218 g/mol. The van der Waals surface area contributed by atoms with Crippen LogP contribution in [0.4, 0.5) is 9.59 Å². The van der Waals surface area contributed by atoms with E-state index in [1.54, 1.807) is 0 Å². The van der Waals surface area contributed by atoms with Crippen molar-refractivity contribution in [2.45, 2.75) is 12.5 Å². The summed E-state index contributed by atoms with van der Waals surface area (Å²) in [6, 6.07) is -0.461. The Labute approximate surface area is 84.3 Å². The standard InChI is InChI=1S/C6H10N4O5/c7-14-5(12)9-3-4(1-2-11)10(9)6(13)15-8/h2,4H,1,3,7-8H2. The Morgan fingerprint density at radius 1 is 1.33 bits per heavy atom. The molecule has 4 N–H and O–H groups in total. The van der Waals surface area contributed by atoms with Gasteiger partial charge in [-0.25, -0.2) is 19.6 Å².